The van der Waals surface area contributed by atoms with E-state index in [2.05, 4.69) is 10.3 Å². The van der Waals surface area contributed by atoms with Crippen molar-refractivity contribution in [2.45, 2.75) is 6.04 Å². The summed E-state index contributed by atoms with van der Waals surface area (Å²) in [7, 11) is -3.02. The van der Waals surface area contributed by atoms with Gasteiger partial charge < -0.3 is 0 Å². The molecular formula is C6H10N4O2S. The van der Waals surface area contributed by atoms with Crippen LogP contribution < -0.4 is 0 Å². The number of hydrogen-bond donors (Lipinski definition) is 0. The first-order valence-electron chi connectivity index (χ1n) is 3.88. The molecule has 72 valence electrons. The van der Waals surface area contributed by atoms with Gasteiger partial charge in [-0.2, -0.15) is 4.31 Å². The number of hydrogen-bond acceptors (Lipinski definition) is 4. The highest BCUT2D eigenvalue weighted by atomic mass is 32.2. The largest absolute Gasteiger partial charge is 0.247 e. The maximum atomic E-state index is 11.0. The van der Waals surface area contributed by atoms with Crippen molar-refractivity contribution in [2.24, 2.45) is 0 Å². The van der Waals surface area contributed by atoms with Crippen molar-refractivity contribution >= 4 is 10.0 Å². The Kier molecular flexibility index (Phi) is 1.85. The van der Waals surface area contributed by atoms with Crippen molar-refractivity contribution < 1.29 is 8.42 Å². The second-order valence-corrected chi connectivity index (χ2v) is 5.10. The zero-order valence-corrected chi connectivity index (χ0v) is 7.98. The average Bonchev–Trinajstić information content (AvgIpc) is 2.31. The molecule has 6 nitrogen and oxygen atoms in total. The lowest BCUT2D eigenvalue weighted by Gasteiger charge is -2.36. The summed E-state index contributed by atoms with van der Waals surface area (Å²) < 4.78 is 25.1. The molecule has 1 aromatic rings. The highest BCUT2D eigenvalue weighted by Crippen LogP contribution is 2.21. The molecule has 0 amide bonds. The van der Waals surface area contributed by atoms with Crippen molar-refractivity contribution in [3.05, 3.63) is 12.4 Å². The molecule has 13 heavy (non-hydrogen) atoms. The first kappa shape index (κ1) is 8.64. The van der Waals surface area contributed by atoms with E-state index in [9.17, 15) is 8.42 Å². The molecule has 0 bridgehead atoms. The van der Waals surface area contributed by atoms with Crippen molar-refractivity contribution in [1.29, 1.82) is 0 Å². The number of aromatic nitrogens is 3. The highest BCUT2D eigenvalue weighted by molar-refractivity contribution is 7.88. The summed E-state index contributed by atoms with van der Waals surface area (Å²) in [4.78, 5) is 0. The molecule has 0 N–H and O–H groups in total. The Morgan fingerprint density at radius 1 is 1.46 bits per heavy atom. The van der Waals surface area contributed by atoms with Crippen LogP contribution in [0.15, 0.2) is 12.4 Å². The Bertz CT molecular complexity index is 379. The van der Waals surface area contributed by atoms with E-state index < -0.39 is 10.0 Å². The van der Waals surface area contributed by atoms with Gasteiger partial charge in [-0.3, -0.25) is 0 Å². The molecule has 1 aliphatic rings. The molecule has 0 radical (unpaired) electrons. The fourth-order valence-corrected chi connectivity index (χ4v) is 2.15. The fraction of sp³-hybridized carbons (Fsp3) is 0.667. The highest BCUT2D eigenvalue weighted by Gasteiger charge is 2.34. The van der Waals surface area contributed by atoms with Gasteiger partial charge >= 0.3 is 0 Å². The number of nitrogens with zero attached hydrogens (tertiary/aromatic N) is 4. The smallest absolute Gasteiger partial charge is 0.211 e. The molecule has 0 atom stereocenters. The van der Waals surface area contributed by atoms with Gasteiger partial charge in [0, 0.05) is 19.3 Å². The zero-order valence-electron chi connectivity index (χ0n) is 7.16. The lowest BCUT2D eigenvalue weighted by Crippen LogP contribution is -2.50. The topological polar surface area (TPSA) is 68.1 Å². The molecule has 0 aliphatic carbocycles. The third-order valence-corrected chi connectivity index (χ3v) is 3.35. The van der Waals surface area contributed by atoms with Gasteiger partial charge in [-0.1, -0.05) is 5.21 Å². The van der Waals surface area contributed by atoms with Crippen LogP contribution in [0.3, 0.4) is 0 Å². The van der Waals surface area contributed by atoms with E-state index in [1.807, 2.05) is 0 Å². The molecule has 0 aromatic carbocycles. The Balaban J connectivity index is 2.00. The summed E-state index contributed by atoms with van der Waals surface area (Å²) >= 11 is 0. The van der Waals surface area contributed by atoms with Crippen LogP contribution in [0.25, 0.3) is 0 Å². The summed E-state index contributed by atoms with van der Waals surface area (Å²) in [6.45, 7) is 1.00. The van der Waals surface area contributed by atoms with Gasteiger partial charge in [0.05, 0.1) is 18.5 Å². The van der Waals surface area contributed by atoms with Gasteiger partial charge in [-0.25, -0.2) is 13.1 Å². The summed E-state index contributed by atoms with van der Waals surface area (Å²) in [6, 6.07) is 0.150. The quantitative estimate of drug-likeness (QED) is 0.623. The van der Waals surface area contributed by atoms with Crippen molar-refractivity contribution in [1.82, 2.24) is 19.3 Å². The van der Waals surface area contributed by atoms with E-state index in [4.69, 9.17) is 0 Å². The van der Waals surface area contributed by atoms with E-state index in [1.165, 1.54) is 10.6 Å². The summed E-state index contributed by atoms with van der Waals surface area (Å²) in [5.74, 6) is 0. The zero-order chi connectivity index (χ0) is 9.47. The van der Waals surface area contributed by atoms with Gasteiger partial charge in [0.1, 0.15) is 0 Å². The third kappa shape index (κ3) is 1.56. The minimum Gasteiger partial charge on any atom is -0.247 e. The molecule has 0 unspecified atom stereocenters. The van der Waals surface area contributed by atoms with Crippen LogP contribution in [-0.4, -0.2) is 47.1 Å². The van der Waals surface area contributed by atoms with E-state index in [0.717, 1.165) is 0 Å². The minimum atomic E-state index is -3.02. The van der Waals surface area contributed by atoms with Crippen LogP contribution in [0.5, 0.6) is 0 Å². The second-order valence-electron chi connectivity index (χ2n) is 3.12. The SMILES string of the molecule is CS(=O)(=O)N1CC(n2ccnn2)C1. The van der Waals surface area contributed by atoms with Crippen LogP contribution in [0.1, 0.15) is 6.04 Å². The first-order valence-corrected chi connectivity index (χ1v) is 5.73. The molecule has 2 rings (SSSR count). The number of rotatable bonds is 2. The second kappa shape index (κ2) is 2.78. The van der Waals surface area contributed by atoms with Crippen molar-refractivity contribution in [3.8, 4) is 0 Å². The van der Waals surface area contributed by atoms with E-state index in [0.29, 0.717) is 13.1 Å². The lowest BCUT2D eigenvalue weighted by molar-refractivity contribution is 0.190. The molecule has 1 aromatic heterocycles. The van der Waals surface area contributed by atoms with Crippen LogP contribution in [0.2, 0.25) is 0 Å². The Hall–Kier alpha value is -0.950. The Morgan fingerprint density at radius 3 is 2.62 bits per heavy atom. The van der Waals surface area contributed by atoms with Gasteiger partial charge in [0.2, 0.25) is 10.0 Å². The number of sulfonamides is 1. The van der Waals surface area contributed by atoms with Gasteiger partial charge in [0.15, 0.2) is 0 Å². The molecule has 1 saturated heterocycles. The maximum Gasteiger partial charge on any atom is 0.211 e. The third-order valence-electron chi connectivity index (χ3n) is 2.11. The van der Waals surface area contributed by atoms with Crippen LogP contribution in [0, 0.1) is 0 Å². The monoisotopic (exact) mass is 202 g/mol. The minimum absolute atomic E-state index is 0.150. The summed E-state index contributed by atoms with van der Waals surface area (Å²) in [6.07, 6.45) is 4.54. The maximum absolute atomic E-state index is 11.0. The predicted octanol–water partition coefficient (Wildman–Crippen LogP) is -0.906. The summed E-state index contributed by atoms with van der Waals surface area (Å²) in [5, 5.41) is 7.46. The molecular weight excluding hydrogens is 192 g/mol. The van der Waals surface area contributed by atoms with Crippen molar-refractivity contribution in [3.63, 3.8) is 0 Å². The van der Waals surface area contributed by atoms with Crippen molar-refractivity contribution in [2.75, 3.05) is 19.3 Å². The average molecular weight is 202 g/mol. The molecule has 0 spiro atoms. The normalized spacial score (nSPS) is 20.1. The fourth-order valence-electron chi connectivity index (χ4n) is 1.27. The van der Waals surface area contributed by atoms with Crippen LogP contribution >= 0.6 is 0 Å². The molecule has 1 fully saturated rings. The van der Waals surface area contributed by atoms with E-state index >= 15 is 0 Å². The van der Waals surface area contributed by atoms with E-state index in [-0.39, 0.29) is 6.04 Å². The Morgan fingerprint density at radius 2 is 2.15 bits per heavy atom. The lowest BCUT2D eigenvalue weighted by atomic mass is 10.2. The summed E-state index contributed by atoms with van der Waals surface area (Å²) in [5.41, 5.74) is 0. The van der Waals surface area contributed by atoms with E-state index in [1.54, 1.807) is 17.1 Å². The standard InChI is InChI=1S/C6H10N4O2S/c1-13(11,12)9-4-6(5-9)10-3-2-7-8-10/h2-3,6H,4-5H2,1H3. The molecule has 1 aliphatic heterocycles. The van der Waals surface area contributed by atoms with Crippen LogP contribution in [-0.2, 0) is 10.0 Å². The van der Waals surface area contributed by atoms with Gasteiger partial charge in [0.25, 0.3) is 0 Å². The molecule has 2 heterocycles. The molecule has 0 saturated carbocycles. The Labute approximate surface area is 76.2 Å². The van der Waals surface area contributed by atoms with Gasteiger partial charge in [-0.05, 0) is 0 Å². The predicted molar refractivity (Wildman–Crippen MR) is 45.5 cm³/mol. The molecule has 7 heteroatoms. The van der Waals surface area contributed by atoms with Gasteiger partial charge in [-0.15, -0.1) is 5.10 Å². The first-order chi connectivity index (χ1) is 6.07. The van der Waals surface area contributed by atoms with Crippen LogP contribution in [0.4, 0.5) is 0 Å².